The van der Waals surface area contributed by atoms with Gasteiger partial charge in [-0.1, -0.05) is 0 Å². The Morgan fingerprint density at radius 2 is 2.12 bits per heavy atom. The topological polar surface area (TPSA) is 55.0 Å². The molecule has 0 spiro atoms. The summed E-state index contributed by atoms with van der Waals surface area (Å²) in [4.78, 5) is 10.9. The number of rotatable bonds is 4. The smallest absolute Gasteiger partial charge is 0.134 e. The van der Waals surface area contributed by atoms with Gasteiger partial charge in [-0.3, -0.25) is 0 Å². The van der Waals surface area contributed by atoms with Gasteiger partial charge in [-0.15, -0.1) is 0 Å². The van der Waals surface area contributed by atoms with E-state index in [1.807, 2.05) is 13.0 Å². The number of hydrogen-bond acceptors (Lipinski definition) is 4. The highest BCUT2D eigenvalue weighted by molar-refractivity contribution is 5.47. The molecule has 2 N–H and O–H groups in total. The quantitative estimate of drug-likeness (QED) is 0.843. The Morgan fingerprint density at radius 3 is 2.62 bits per heavy atom. The minimum atomic E-state index is 0.453. The van der Waals surface area contributed by atoms with Gasteiger partial charge in [-0.2, -0.15) is 0 Å². The third kappa shape index (κ3) is 2.62. The van der Waals surface area contributed by atoms with Crippen molar-refractivity contribution in [3.63, 3.8) is 0 Å². The highest BCUT2D eigenvalue weighted by Gasteiger charge is 2.26. The van der Waals surface area contributed by atoms with E-state index in [0.29, 0.717) is 11.9 Å². The Morgan fingerprint density at radius 1 is 1.44 bits per heavy atom. The largest absolute Gasteiger partial charge is 0.384 e. The molecule has 1 fully saturated rings. The van der Waals surface area contributed by atoms with E-state index in [-0.39, 0.29) is 0 Å². The highest BCUT2D eigenvalue weighted by Crippen LogP contribution is 2.32. The summed E-state index contributed by atoms with van der Waals surface area (Å²) in [7, 11) is 0. The summed E-state index contributed by atoms with van der Waals surface area (Å²) in [5, 5.41) is 0. The average Bonchev–Trinajstić information content (AvgIpc) is 2.95. The van der Waals surface area contributed by atoms with E-state index in [0.717, 1.165) is 24.1 Å². The first-order valence-electron chi connectivity index (χ1n) is 5.94. The van der Waals surface area contributed by atoms with Crippen molar-refractivity contribution >= 4 is 11.6 Å². The standard InChI is InChI=1S/C12H20N4/c1-8(2)16(7-10-4-5-10)12-6-11(13)14-9(3)15-12/h6,8,10H,4-5,7H2,1-3H3,(H2,13,14,15). The molecular formula is C12H20N4. The van der Waals surface area contributed by atoms with Crippen molar-refractivity contribution in [3.05, 3.63) is 11.9 Å². The summed E-state index contributed by atoms with van der Waals surface area (Å²) in [5.74, 6) is 3.12. The van der Waals surface area contributed by atoms with Gasteiger partial charge in [-0.05, 0) is 39.5 Å². The molecule has 0 radical (unpaired) electrons. The van der Waals surface area contributed by atoms with Crippen LogP contribution in [0.25, 0.3) is 0 Å². The number of nitrogen functional groups attached to an aromatic ring is 1. The van der Waals surface area contributed by atoms with Crippen LogP contribution in [0.15, 0.2) is 6.07 Å². The molecule has 4 nitrogen and oxygen atoms in total. The first-order chi connectivity index (χ1) is 7.56. The summed E-state index contributed by atoms with van der Waals surface area (Å²) in [5.41, 5.74) is 5.77. The second-order valence-corrected chi connectivity index (χ2v) is 4.89. The van der Waals surface area contributed by atoms with E-state index in [4.69, 9.17) is 5.73 Å². The van der Waals surface area contributed by atoms with Gasteiger partial charge in [0.05, 0.1) is 0 Å². The first-order valence-corrected chi connectivity index (χ1v) is 5.94. The molecule has 0 atom stereocenters. The number of nitrogens with zero attached hydrogens (tertiary/aromatic N) is 3. The third-order valence-corrected chi connectivity index (χ3v) is 2.91. The number of aryl methyl sites for hydroxylation is 1. The zero-order valence-electron chi connectivity index (χ0n) is 10.3. The summed E-state index contributed by atoms with van der Waals surface area (Å²) < 4.78 is 0. The van der Waals surface area contributed by atoms with Crippen molar-refractivity contribution in [2.45, 2.75) is 39.7 Å². The van der Waals surface area contributed by atoms with Gasteiger partial charge < -0.3 is 10.6 Å². The maximum Gasteiger partial charge on any atom is 0.134 e. The van der Waals surface area contributed by atoms with Crippen LogP contribution < -0.4 is 10.6 Å². The van der Waals surface area contributed by atoms with Crippen molar-refractivity contribution in [3.8, 4) is 0 Å². The van der Waals surface area contributed by atoms with Crippen LogP contribution in [0.5, 0.6) is 0 Å². The van der Waals surface area contributed by atoms with Gasteiger partial charge in [-0.25, -0.2) is 9.97 Å². The van der Waals surface area contributed by atoms with Crippen LogP contribution in [0.2, 0.25) is 0 Å². The molecule has 0 amide bonds. The van der Waals surface area contributed by atoms with E-state index < -0.39 is 0 Å². The molecule has 4 heteroatoms. The Kier molecular flexibility index (Phi) is 2.99. The van der Waals surface area contributed by atoms with E-state index in [2.05, 4.69) is 28.7 Å². The molecule has 0 saturated heterocycles. The highest BCUT2D eigenvalue weighted by atomic mass is 15.2. The number of anilines is 2. The first kappa shape index (κ1) is 11.2. The van der Waals surface area contributed by atoms with Crippen LogP contribution in [-0.4, -0.2) is 22.6 Å². The maximum atomic E-state index is 5.77. The molecule has 2 rings (SSSR count). The van der Waals surface area contributed by atoms with Gasteiger partial charge in [0, 0.05) is 18.7 Å². The molecule has 88 valence electrons. The van der Waals surface area contributed by atoms with Crippen molar-refractivity contribution in [1.29, 1.82) is 0 Å². The van der Waals surface area contributed by atoms with Crippen LogP contribution >= 0.6 is 0 Å². The number of nitrogens with two attached hydrogens (primary N) is 1. The molecule has 1 aromatic rings. The van der Waals surface area contributed by atoms with Gasteiger partial charge in [0.1, 0.15) is 17.5 Å². The van der Waals surface area contributed by atoms with E-state index in [1.165, 1.54) is 12.8 Å². The normalized spacial score (nSPS) is 15.5. The molecule has 1 heterocycles. The predicted molar refractivity (Wildman–Crippen MR) is 66.4 cm³/mol. The summed E-state index contributed by atoms with van der Waals surface area (Å²) in [6.07, 6.45) is 2.70. The fraction of sp³-hybridized carbons (Fsp3) is 0.667. The van der Waals surface area contributed by atoms with Gasteiger partial charge in [0.2, 0.25) is 0 Å². The lowest BCUT2D eigenvalue weighted by Gasteiger charge is -2.28. The van der Waals surface area contributed by atoms with Crippen molar-refractivity contribution in [1.82, 2.24) is 9.97 Å². The number of hydrogen-bond donors (Lipinski definition) is 1. The average molecular weight is 220 g/mol. The lowest BCUT2D eigenvalue weighted by molar-refractivity contribution is 0.635. The predicted octanol–water partition coefficient (Wildman–Crippen LogP) is 1.99. The molecular weight excluding hydrogens is 200 g/mol. The molecule has 0 aromatic carbocycles. The van der Waals surface area contributed by atoms with Crippen molar-refractivity contribution < 1.29 is 0 Å². The summed E-state index contributed by atoms with van der Waals surface area (Å²) in [6, 6.07) is 2.32. The molecule has 0 unspecified atom stereocenters. The molecule has 1 aliphatic rings. The van der Waals surface area contributed by atoms with E-state index >= 15 is 0 Å². The maximum absolute atomic E-state index is 5.77. The molecule has 1 aromatic heterocycles. The molecule has 0 aliphatic heterocycles. The monoisotopic (exact) mass is 220 g/mol. The van der Waals surface area contributed by atoms with Crippen LogP contribution in [0, 0.1) is 12.8 Å². The Bertz CT molecular complexity index is 351. The summed E-state index contributed by atoms with van der Waals surface area (Å²) in [6.45, 7) is 7.36. The third-order valence-electron chi connectivity index (χ3n) is 2.91. The van der Waals surface area contributed by atoms with E-state index in [1.54, 1.807) is 0 Å². The van der Waals surface area contributed by atoms with Crippen LogP contribution in [-0.2, 0) is 0 Å². The summed E-state index contributed by atoms with van der Waals surface area (Å²) >= 11 is 0. The minimum Gasteiger partial charge on any atom is -0.384 e. The van der Waals surface area contributed by atoms with Gasteiger partial charge in [0.15, 0.2) is 0 Å². The fourth-order valence-corrected chi connectivity index (χ4v) is 1.87. The molecule has 1 aliphatic carbocycles. The van der Waals surface area contributed by atoms with Crippen LogP contribution in [0.3, 0.4) is 0 Å². The number of aromatic nitrogens is 2. The van der Waals surface area contributed by atoms with E-state index in [9.17, 15) is 0 Å². The SMILES string of the molecule is Cc1nc(N)cc(N(CC2CC2)C(C)C)n1. The Labute approximate surface area is 96.9 Å². The lowest BCUT2D eigenvalue weighted by atomic mass is 10.2. The van der Waals surface area contributed by atoms with Gasteiger partial charge in [0.25, 0.3) is 0 Å². The fourth-order valence-electron chi connectivity index (χ4n) is 1.87. The second-order valence-electron chi connectivity index (χ2n) is 4.89. The lowest BCUT2D eigenvalue weighted by Crippen LogP contribution is -2.33. The Hall–Kier alpha value is -1.32. The minimum absolute atomic E-state index is 0.453. The van der Waals surface area contributed by atoms with Crippen LogP contribution in [0.4, 0.5) is 11.6 Å². The Balaban J connectivity index is 2.22. The van der Waals surface area contributed by atoms with Gasteiger partial charge >= 0.3 is 0 Å². The molecule has 16 heavy (non-hydrogen) atoms. The zero-order chi connectivity index (χ0) is 11.7. The van der Waals surface area contributed by atoms with Crippen molar-refractivity contribution in [2.24, 2.45) is 5.92 Å². The molecule has 1 saturated carbocycles. The second kappa shape index (κ2) is 4.28. The zero-order valence-corrected chi connectivity index (χ0v) is 10.3. The molecule has 0 bridgehead atoms. The van der Waals surface area contributed by atoms with Crippen LogP contribution in [0.1, 0.15) is 32.5 Å². The van der Waals surface area contributed by atoms with Crippen molar-refractivity contribution in [2.75, 3.05) is 17.2 Å².